The van der Waals surface area contributed by atoms with Crippen molar-refractivity contribution in [2.24, 2.45) is 5.41 Å². The summed E-state index contributed by atoms with van der Waals surface area (Å²) in [5.74, 6) is -0.0137. The van der Waals surface area contributed by atoms with Gasteiger partial charge in [0.05, 0.1) is 18.6 Å². The van der Waals surface area contributed by atoms with Gasteiger partial charge in [0.15, 0.2) is 0 Å². The van der Waals surface area contributed by atoms with Crippen LogP contribution in [0, 0.1) is 15.5 Å². The summed E-state index contributed by atoms with van der Waals surface area (Å²) in [4.78, 5) is 20.6. The summed E-state index contributed by atoms with van der Waals surface area (Å²) in [6, 6.07) is 0. The van der Waals surface area contributed by atoms with Gasteiger partial charge in [-0.1, -0.05) is 0 Å². The third-order valence-electron chi connectivity index (χ3n) is 1.90. The molecule has 68 valence electrons. The lowest BCUT2D eigenvalue weighted by molar-refractivity contribution is -0.507. The van der Waals surface area contributed by atoms with Crippen molar-refractivity contribution in [1.29, 1.82) is 0 Å². The first-order valence-electron chi connectivity index (χ1n) is 3.73. The Morgan fingerprint density at radius 1 is 1.67 bits per heavy atom. The number of hydrogen-bond acceptors (Lipinski definition) is 4. The zero-order valence-electron chi connectivity index (χ0n) is 6.91. The lowest BCUT2D eigenvalue weighted by Crippen LogP contribution is -2.48. The molecular formula is C7H11NO4. The Kier molecular flexibility index (Phi) is 2.42. The molecule has 1 aliphatic rings. The second-order valence-corrected chi connectivity index (χ2v) is 3.36. The Morgan fingerprint density at radius 2 is 2.25 bits per heavy atom. The fourth-order valence-corrected chi connectivity index (χ4v) is 1.44. The van der Waals surface area contributed by atoms with Crippen LogP contribution in [-0.2, 0) is 9.53 Å². The van der Waals surface area contributed by atoms with Gasteiger partial charge < -0.3 is 9.53 Å². The minimum atomic E-state index is -0.505. The molecule has 0 spiro atoms. The van der Waals surface area contributed by atoms with E-state index in [1.165, 1.54) is 6.92 Å². The second-order valence-electron chi connectivity index (χ2n) is 3.36. The fraction of sp³-hybridized carbons (Fsp3) is 0.857. The predicted molar refractivity (Wildman–Crippen MR) is 40.4 cm³/mol. The SMILES string of the molecule is CC(=O)CC1(C[N+](=O)[O-])COC1. The van der Waals surface area contributed by atoms with E-state index in [2.05, 4.69) is 0 Å². The molecule has 5 heteroatoms. The van der Waals surface area contributed by atoms with Gasteiger partial charge in [0.2, 0.25) is 6.54 Å². The van der Waals surface area contributed by atoms with E-state index in [-0.39, 0.29) is 23.7 Å². The normalized spacial score (nSPS) is 19.8. The summed E-state index contributed by atoms with van der Waals surface area (Å²) < 4.78 is 4.88. The molecule has 0 N–H and O–H groups in total. The number of carbonyl (C=O) groups is 1. The Bertz CT molecular complexity index is 191. The van der Waals surface area contributed by atoms with Crippen LogP contribution in [-0.4, -0.2) is 30.5 Å². The number of carbonyl (C=O) groups excluding carboxylic acids is 1. The van der Waals surface area contributed by atoms with Gasteiger partial charge in [-0.25, -0.2) is 0 Å². The van der Waals surface area contributed by atoms with Crippen LogP contribution in [0.2, 0.25) is 0 Å². The Morgan fingerprint density at radius 3 is 2.50 bits per heavy atom. The lowest BCUT2D eigenvalue weighted by Gasteiger charge is -2.36. The van der Waals surface area contributed by atoms with Gasteiger partial charge in [0.25, 0.3) is 0 Å². The van der Waals surface area contributed by atoms with Crippen LogP contribution in [0.1, 0.15) is 13.3 Å². The number of Topliss-reactive ketones (excluding diaryl/α,β-unsaturated/α-hetero) is 1. The number of ether oxygens (including phenoxy) is 1. The number of hydrogen-bond donors (Lipinski definition) is 0. The van der Waals surface area contributed by atoms with E-state index >= 15 is 0 Å². The average Bonchev–Trinajstić information content (AvgIpc) is 1.80. The van der Waals surface area contributed by atoms with Gasteiger partial charge in [0.1, 0.15) is 5.78 Å². The van der Waals surface area contributed by atoms with Gasteiger partial charge in [0, 0.05) is 11.3 Å². The van der Waals surface area contributed by atoms with E-state index in [0.717, 1.165) is 0 Å². The molecule has 12 heavy (non-hydrogen) atoms. The van der Waals surface area contributed by atoms with Crippen LogP contribution >= 0.6 is 0 Å². The Hall–Kier alpha value is -0.970. The molecule has 1 rings (SSSR count). The molecule has 0 saturated carbocycles. The van der Waals surface area contributed by atoms with E-state index in [1.54, 1.807) is 0 Å². The maximum atomic E-state index is 10.8. The van der Waals surface area contributed by atoms with E-state index in [9.17, 15) is 14.9 Å². The highest BCUT2D eigenvalue weighted by atomic mass is 16.6. The van der Waals surface area contributed by atoms with Gasteiger partial charge in [-0.05, 0) is 6.92 Å². The molecule has 1 heterocycles. The Labute approximate surface area is 69.9 Å². The zero-order chi connectivity index (χ0) is 9.19. The summed E-state index contributed by atoms with van der Waals surface area (Å²) in [6.45, 7) is 1.97. The summed E-state index contributed by atoms with van der Waals surface area (Å²) in [5.41, 5.74) is -0.505. The molecule has 0 aromatic rings. The highest BCUT2D eigenvalue weighted by Gasteiger charge is 2.44. The number of nitrogens with zero attached hydrogens (tertiary/aromatic N) is 1. The third-order valence-corrected chi connectivity index (χ3v) is 1.90. The minimum Gasteiger partial charge on any atom is -0.380 e. The first kappa shape index (κ1) is 9.12. The van der Waals surface area contributed by atoms with Crippen LogP contribution < -0.4 is 0 Å². The van der Waals surface area contributed by atoms with Gasteiger partial charge >= 0.3 is 0 Å². The quantitative estimate of drug-likeness (QED) is 0.451. The molecule has 1 fully saturated rings. The van der Waals surface area contributed by atoms with Crippen molar-refractivity contribution < 1.29 is 14.5 Å². The smallest absolute Gasteiger partial charge is 0.214 e. The molecule has 0 radical (unpaired) electrons. The summed E-state index contributed by atoms with van der Waals surface area (Å²) in [6.07, 6.45) is 0.258. The van der Waals surface area contributed by atoms with Crippen LogP contribution in [0.15, 0.2) is 0 Å². The number of nitro groups is 1. The van der Waals surface area contributed by atoms with Crippen molar-refractivity contribution in [3.63, 3.8) is 0 Å². The van der Waals surface area contributed by atoms with E-state index in [1.807, 2.05) is 0 Å². The molecule has 5 nitrogen and oxygen atoms in total. The highest BCUT2D eigenvalue weighted by Crippen LogP contribution is 2.31. The van der Waals surface area contributed by atoms with Gasteiger partial charge in [-0.15, -0.1) is 0 Å². The van der Waals surface area contributed by atoms with Crippen molar-refractivity contribution in [2.75, 3.05) is 19.8 Å². The van der Waals surface area contributed by atoms with Crippen LogP contribution in [0.3, 0.4) is 0 Å². The molecule has 1 aliphatic heterocycles. The van der Waals surface area contributed by atoms with Crippen molar-refractivity contribution in [2.45, 2.75) is 13.3 Å². The topological polar surface area (TPSA) is 69.4 Å². The van der Waals surface area contributed by atoms with E-state index < -0.39 is 5.41 Å². The summed E-state index contributed by atoms with van der Waals surface area (Å²) in [5, 5.41) is 10.2. The molecule has 0 aromatic heterocycles. The first-order valence-corrected chi connectivity index (χ1v) is 3.73. The van der Waals surface area contributed by atoms with Crippen molar-refractivity contribution in [1.82, 2.24) is 0 Å². The molecule has 1 saturated heterocycles. The zero-order valence-corrected chi connectivity index (χ0v) is 6.91. The van der Waals surface area contributed by atoms with Crippen molar-refractivity contribution in [3.8, 4) is 0 Å². The standard InChI is InChI=1S/C7H11NO4/c1-6(9)2-7(3-8(10)11)4-12-5-7/h2-5H2,1H3. The second kappa shape index (κ2) is 3.18. The first-order chi connectivity index (χ1) is 5.54. The Balaban J connectivity index is 2.50. The molecule has 0 aliphatic carbocycles. The average molecular weight is 173 g/mol. The predicted octanol–water partition coefficient (Wildman–Crippen LogP) is 0.259. The molecule has 0 amide bonds. The van der Waals surface area contributed by atoms with Gasteiger partial charge in [-0.2, -0.15) is 0 Å². The van der Waals surface area contributed by atoms with E-state index in [0.29, 0.717) is 13.2 Å². The monoisotopic (exact) mass is 173 g/mol. The van der Waals surface area contributed by atoms with Crippen LogP contribution in [0.25, 0.3) is 0 Å². The maximum absolute atomic E-state index is 10.8. The van der Waals surface area contributed by atoms with Crippen molar-refractivity contribution >= 4 is 5.78 Å². The molecule has 0 atom stereocenters. The van der Waals surface area contributed by atoms with E-state index in [4.69, 9.17) is 4.74 Å². The number of rotatable bonds is 4. The van der Waals surface area contributed by atoms with Crippen LogP contribution in [0.5, 0.6) is 0 Å². The third kappa shape index (κ3) is 2.01. The largest absolute Gasteiger partial charge is 0.380 e. The summed E-state index contributed by atoms with van der Waals surface area (Å²) >= 11 is 0. The van der Waals surface area contributed by atoms with Gasteiger partial charge in [-0.3, -0.25) is 10.1 Å². The highest BCUT2D eigenvalue weighted by molar-refractivity contribution is 5.76. The molecule has 0 bridgehead atoms. The minimum absolute atomic E-state index is 0.0137. The maximum Gasteiger partial charge on any atom is 0.214 e. The van der Waals surface area contributed by atoms with Crippen LogP contribution in [0.4, 0.5) is 0 Å². The van der Waals surface area contributed by atoms with Crippen molar-refractivity contribution in [3.05, 3.63) is 10.1 Å². The molecule has 0 aromatic carbocycles. The molecular weight excluding hydrogens is 162 g/mol. The number of ketones is 1. The summed E-state index contributed by atoms with van der Waals surface area (Å²) in [7, 11) is 0. The fourth-order valence-electron chi connectivity index (χ4n) is 1.44. The lowest BCUT2D eigenvalue weighted by atomic mass is 9.81. The molecule has 0 unspecified atom stereocenters.